The third-order valence-electron chi connectivity index (χ3n) is 3.06. The van der Waals surface area contributed by atoms with Crippen LogP contribution in [0.2, 0.25) is 19.6 Å². The SMILES string of the molecule is CC(O)(CCc1ccccc1)C(=[N+]=[N-])[Si](C)(C)C. The van der Waals surface area contributed by atoms with Crippen molar-refractivity contribution in [1.82, 2.24) is 0 Å². The van der Waals surface area contributed by atoms with E-state index in [1.807, 2.05) is 30.3 Å². The first-order chi connectivity index (χ1) is 8.27. The van der Waals surface area contributed by atoms with Crippen molar-refractivity contribution in [1.29, 1.82) is 0 Å². The van der Waals surface area contributed by atoms with E-state index in [0.717, 1.165) is 6.42 Å². The summed E-state index contributed by atoms with van der Waals surface area (Å²) in [6, 6.07) is 10.0. The maximum atomic E-state index is 10.5. The standard InChI is InChI=1S/C14H22N2OSi/c1-14(17,13(16-15)18(2,3)4)11-10-12-8-6-5-7-9-12/h5-9,17H,10-11H2,1-4H3. The van der Waals surface area contributed by atoms with Gasteiger partial charge in [-0.1, -0.05) is 50.0 Å². The van der Waals surface area contributed by atoms with Gasteiger partial charge in [0.15, 0.2) is 13.7 Å². The molecule has 0 radical (unpaired) electrons. The fourth-order valence-electron chi connectivity index (χ4n) is 2.22. The molecular formula is C14H22N2OSi. The average Bonchev–Trinajstić information content (AvgIpc) is 2.26. The van der Waals surface area contributed by atoms with Crippen LogP contribution in [0.25, 0.3) is 5.53 Å². The molecule has 1 unspecified atom stereocenters. The molecular weight excluding hydrogens is 240 g/mol. The Morgan fingerprint density at radius 3 is 2.28 bits per heavy atom. The topological polar surface area (TPSA) is 56.6 Å². The smallest absolute Gasteiger partial charge is 0.266 e. The maximum Gasteiger partial charge on any atom is 0.266 e. The molecule has 0 aliphatic heterocycles. The third kappa shape index (κ3) is 3.91. The van der Waals surface area contributed by atoms with Crippen LogP contribution in [0.5, 0.6) is 0 Å². The van der Waals surface area contributed by atoms with E-state index in [2.05, 4.69) is 24.4 Å². The van der Waals surface area contributed by atoms with Gasteiger partial charge in [-0.05, 0) is 25.3 Å². The van der Waals surface area contributed by atoms with E-state index in [1.54, 1.807) is 6.92 Å². The molecule has 0 bridgehead atoms. The minimum atomic E-state index is -1.81. The van der Waals surface area contributed by atoms with Crippen LogP contribution in [0, 0.1) is 0 Å². The lowest BCUT2D eigenvalue weighted by atomic mass is 9.98. The van der Waals surface area contributed by atoms with Crippen molar-refractivity contribution >= 4 is 13.4 Å². The molecule has 0 aliphatic carbocycles. The minimum absolute atomic E-state index is 0.561. The summed E-state index contributed by atoms with van der Waals surface area (Å²) in [4.78, 5) is 3.37. The molecule has 1 rings (SSSR count). The van der Waals surface area contributed by atoms with Crippen LogP contribution in [0.3, 0.4) is 0 Å². The van der Waals surface area contributed by atoms with E-state index < -0.39 is 13.7 Å². The molecule has 0 saturated heterocycles. The van der Waals surface area contributed by atoms with Crippen LogP contribution in [0.15, 0.2) is 30.3 Å². The number of nitrogens with zero attached hydrogens (tertiary/aromatic N) is 2. The van der Waals surface area contributed by atoms with E-state index in [0.29, 0.717) is 11.8 Å². The minimum Gasteiger partial charge on any atom is -0.379 e. The summed E-state index contributed by atoms with van der Waals surface area (Å²) in [6.07, 6.45) is 1.35. The lowest BCUT2D eigenvalue weighted by Crippen LogP contribution is -2.50. The Morgan fingerprint density at radius 1 is 1.28 bits per heavy atom. The Bertz CT molecular complexity index is 443. The van der Waals surface area contributed by atoms with E-state index >= 15 is 0 Å². The molecule has 0 saturated carbocycles. The van der Waals surface area contributed by atoms with Gasteiger partial charge in [0.05, 0.1) is 0 Å². The molecule has 0 spiro atoms. The molecule has 0 amide bonds. The number of hydrogen-bond acceptors (Lipinski definition) is 1. The van der Waals surface area contributed by atoms with Crippen molar-refractivity contribution in [3.63, 3.8) is 0 Å². The van der Waals surface area contributed by atoms with Crippen LogP contribution in [0.1, 0.15) is 18.9 Å². The first-order valence-corrected chi connectivity index (χ1v) is 9.77. The normalized spacial score (nSPS) is 14.7. The van der Waals surface area contributed by atoms with Gasteiger partial charge >= 0.3 is 0 Å². The summed E-state index contributed by atoms with van der Waals surface area (Å²) in [5, 5.41) is 11.1. The summed E-state index contributed by atoms with van der Waals surface area (Å²) in [5.41, 5.74) is 9.31. The molecule has 3 nitrogen and oxygen atoms in total. The van der Waals surface area contributed by atoms with Crippen molar-refractivity contribution < 1.29 is 9.90 Å². The van der Waals surface area contributed by atoms with Gasteiger partial charge in [-0.2, -0.15) is 4.79 Å². The number of rotatable bonds is 5. The van der Waals surface area contributed by atoms with Gasteiger partial charge in [0, 0.05) is 0 Å². The Labute approximate surface area is 110 Å². The van der Waals surface area contributed by atoms with Gasteiger partial charge < -0.3 is 10.6 Å². The highest BCUT2D eigenvalue weighted by Crippen LogP contribution is 2.20. The summed E-state index contributed by atoms with van der Waals surface area (Å²) >= 11 is 0. The molecule has 1 N–H and O–H groups in total. The molecule has 0 fully saturated rings. The Balaban J connectivity index is 2.79. The number of hydrogen-bond donors (Lipinski definition) is 1. The molecule has 0 aromatic heterocycles. The lowest BCUT2D eigenvalue weighted by Gasteiger charge is -2.24. The molecule has 1 aromatic carbocycles. The summed E-state index contributed by atoms with van der Waals surface area (Å²) in [5.74, 6) is 0. The Morgan fingerprint density at radius 2 is 1.83 bits per heavy atom. The zero-order chi connectivity index (χ0) is 13.8. The van der Waals surface area contributed by atoms with Gasteiger partial charge in [-0.3, -0.25) is 0 Å². The molecule has 0 aliphatic rings. The number of benzene rings is 1. The van der Waals surface area contributed by atoms with Crippen LogP contribution in [-0.4, -0.2) is 28.9 Å². The Kier molecular flexibility index (Phi) is 4.63. The quantitative estimate of drug-likeness (QED) is 0.377. The monoisotopic (exact) mass is 262 g/mol. The second-order valence-corrected chi connectivity index (χ2v) is 10.9. The van der Waals surface area contributed by atoms with Crippen LogP contribution in [0.4, 0.5) is 0 Å². The summed E-state index contributed by atoms with van der Waals surface area (Å²) < 4.78 is 0. The van der Waals surface area contributed by atoms with Gasteiger partial charge in [-0.25, -0.2) is 0 Å². The summed E-state index contributed by atoms with van der Waals surface area (Å²) in [7, 11) is -1.81. The summed E-state index contributed by atoms with van der Waals surface area (Å²) in [6.45, 7) is 7.94. The van der Waals surface area contributed by atoms with E-state index in [9.17, 15) is 5.11 Å². The third-order valence-corrected chi connectivity index (χ3v) is 5.12. The second-order valence-electron chi connectivity index (χ2n) is 5.96. The molecule has 98 valence electrons. The van der Waals surface area contributed by atoms with Crippen molar-refractivity contribution in [3.8, 4) is 0 Å². The van der Waals surface area contributed by atoms with E-state index in [4.69, 9.17) is 5.53 Å². The van der Waals surface area contributed by atoms with Crippen LogP contribution in [-0.2, 0) is 6.42 Å². The molecule has 18 heavy (non-hydrogen) atoms. The lowest BCUT2D eigenvalue weighted by molar-refractivity contribution is -0.0324. The molecule has 4 heteroatoms. The highest BCUT2D eigenvalue weighted by atomic mass is 28.3. The maximum absolute atomic E-state index is 10.5. The van der Waals surface area contributed by atoms with Gasteiger partial charge in [0.2, 0.25) is 0 Å². The largest absolute Gasteiger partial charge is 0.379 e. The van der Waals surface area contributed by atoms with E-state index in [1.165, 1.54) is 5.56 Å². The number of aryl methyl sites for hydroxylation is 1. The fraction of sp³-hybridized carbons (Fsp3) is 0.500. The average molecular weight is 262 g/mol. The van der Waals surface area contributed by atoms with Crippen molar-refractivity contribution in [2.75, 3.05) is 0 Å². The van der Waals surface area contributed by atoms with Crippen molar-refractivity contribution in [2.45, 2.75) is 45.0 Å². The van der Waals surface area contributed by atoms with Crippen LogP contribution >= 0.6 is 0 Å². The van der Waals surface area contributed by atoms with E-state index in [-0.39, 0.29) is 0 Å². The molecule has 0 heterocycles. The highest BCUT2D eigenvalue weighted by molar-refractivity contribution is 7.04. The zero-order valence-corrected chi connectivity index (χ0v) is 12.6. The van der Waals surface area contributed by atoms with Gasteiger partial charge in [-0.15, -0.1) is 0 Å². The fourth-order valence-corrected chi connectivity index (χ4v) is 4.26. The second kappa shape index (κ2) is 5.61. The predicted octanol–water partition coefficient (Wildman–Crippen LogP) is 2.92. The highest BCUT2D eigenvalue weighted by Gasteiger charge is 2.44. The molecule has 1 aromatic rings. The van der Waals surface area contributed by atoms with Crippen molar-refractivity contribution in [2.24, 2.45) is 0 Å². The molecule has 1 atom stereocenters. The predicted molar refractivity (Wildman–Crippen MR) is 77.4 cm³/mol. The van der Waals surface area contributed by atoms with Gasteiger partial charge in [0.1, 0.15) is 0 Å². The first-order valence-electron chi connectivity index (χ1n) is 6.27. The Hall–Kier alpha value is -1.22. The number of aliphatic hydroxyl groups is 1. The first kappa shape index (κ1) is 14.8. The van der Waals surface area contributed by atoms with Crippen molar-refractivity contribution in [3.05, 3.63) is 41.4 Å². The zero-order valence-electron chi connectivity index (χ0n) is 11.6. The van der Waals surface area contributed by atoms with Crippen LogP contribution < -0.4 is 0 Å². The van der Waals surface area contributed by atoms with Gasteiger partial charge in [0.25, 0.3) is 5.33 Å².